The van der Waals surface area contributed by atoms with Crippen LogP contribution in [0.1, 0.15) is 6.42 Å². The molecule has 7 heteroatoms. The van der Waals surface area contributed by atoms with Gasteiger partial charge < -0.3 is 9.30 Å². The van der Waals surface area contributed by atoms with Gasteiger partial charge in [0.05, 0.1) is 5.39 Å². The number of ether oxygens (including phenoxy) is 1. The predicted octanol–water partition coefficient (Wildman–Crippen LogP) is 3.03. The zero-order valence-corrected chi connectivity index (χ0v) is 10.8. The number of hydrogen-bond donors (Lipinski definition) is 0. The van der Waals surface area contributed by atoms with Gasteiger partial charge in [0.25, 0.3) is 5.56 Å². The number of thiophene rings is 1. The largest absolute Gasteiger partial charge is 0.411 e. The van der Waals surface area contributed by atoms with Crippen LogP contribution in [0.5, 0.6) is 0 Å². The predicted molar refractivity (Wildman–Crippen MR) is 67.6 cm³/mol. The van der Waals surface area contributed by atoms with E-state index in [4.69, 9.17) is 0 Å². The van der Waals surface area contributed by atoms with E-state index >= 15 is 0 Å². The Bertz CT molecular complexity index is 603. The molecule has 0 radical (unpaired) electrons. The molecule has 2 aromatic heterocycles. The number of rotatable bonds is 5. The molecular weight excluding hydrogens is 279 g/mol. The summed E-state index contributed by atoms with van der Waals surface area (Å²) in [5, 5.41) is 2.48. The Morgan fingerprint density at radius 2 is 2.11 bits per heavy atom. The molecule has 0 spiro atoms. The molecule has 2 heterocycles. The van der Waals surface area contributed by atoms with Crippen LogP contribution >= 0.6 is 11.3 Å². The third-order valence-electron chi connectivity index (χ3n) is 2.55. The number of aryl methyl sites for hydroxylation is 1. The van der Waals surface area contributed by atoms with E-state index in [1.54, 1.807) is 12.3 Å². The van der Waals surface area contributed by atoms with E-state index in [9.17, 15) is 18.0 Å². The molecule has 19 heavy (non-hydrogen) atoms. The van der Waals surface area contributed by atoms with Crippen LogP contribution in [0.15, 0.2) is 28.5 Å². The first-order chi connectivity index (χ1) is 8.97. The van der Waals surface area contributed by atoms with Gasteiger partial charge in [-0.1, -0.05) is 0 Å². The molecule has 0 unspecified atom stereocenters. The van der Waals surface area contributed by atoms with Crippen molar-refractivity contribution >= 4 is 21.4 Å². The van der Waals surface area contributed by atoms with E-state index in [1.165, 1.54) is 15.9 Å². The topological polar surface area (TPSA) is 31.2 Å². The van der Waals surface area contributed by atoms with E-state index < -0.39 is 12.8 Å². The normalized spacial score (nSPS) is 12.2. The summed E-state index contributed by atoms with van der Waals surface area (Å²) in [5.41, 5.74) is -0.116. The Labute approximate surface area is 111 Å². The van der Waals surface area contributed by atoms with Crippen molar-refractivity contribution in [3.05, 3.63) is 34.1 Å². The third-order valence-corrected chi connectivity index (χ3v) is 3.43. The summed E-state index contributed by atoms with van der Waals surface area (Å²) in [5.74, 6) is 0. The van der Waals surface area contributed by atoms with Crippen molar-refractivity contribution in [1.29, 1.82) is 0 Å². The van der Waals surface area contributed by atoms with Gasteiger partial charge in [-0.25, -0.2) is 0 Å². The monoisotopic (exact) mass is 291 g/mol. The van der Waals surface area contributed by atoms with Gasteiger partial charge in [-0.2, -0.15) is 13.2 Å². The standard InChI is InChI=1S/C12H12F3NO2S/c13-12(14,15)8-18-6-1-4-16-5-2-10-9(11(16)17)3-7-19-10/h2-3,5,7H,1,4,6,8H2. The van der Waals surface area contributed by atoms with Gasteiger partial charge in [-0.3, -0.25) is 4.79 Å². The molecule has 0 fully saturated rings. The Hall–Kier alpha value is -1.34. The molecule has 0 aliphatic heterocycles. The van der Waals surface area contributed by atoms with Crippen molar-refractivity contribution < 1.29 is 17.9 Å². The van der Waals surface area contributed by atoms with Gasteiger partial charge in [0.2, 0.25) is 0 Å². The molecule has 0 saturated heterocycles. The van der Waals surface area contributed by atoms with Crippen LogP contribution in [-0.4, -0.2) is 24.0 Å². The molecule has 0 amide bonds. The van der Waals surface area contributed by atoms with Gasteiger partial charge in [0, 0.05) is 24.0 Å². The number of hydrogen-bond acceptors (Lipinski definition) is 3. The van der Waals surface area contributed by atoms with E-state index in [-0.39, 0.29) is 12.2 Å². The van der Waals surface area contributed by atoms with Crippen molar-refractivity contribution in [2.75, 3.05) is 13.2 Å². The Morgan fingerprint density at radius 1 is 1.32 bits per heavy atom. The molecule has 0 N–H and O–H groups in total. The average molecular weight is 291 g/mol. The highest BCUT2D eigenvalue weighted by atomic mass is 32.1. The van der Waals surface area contributed by atoms with E-state index in [1.807, 2.05) is 11.4 Å². The molecule has 104 valence electrons. The Balaban J connectivity index is 1.88. The second kappa shape index (κ2) is 5.75. The maximum Gasteiger partial charge on any atom is 0.411 e. The highest BCUT2D eigenvalue weighted by molar-refractivity contribution is 7.17. The van der Waals surface area contributed by atoms with E-state index in [0.717, 1.165) is 4.70 Å². The number of aromatic nitrogens is 1. The molecule has 3 nitrogen and oxygen atoms in total. The minimum Gasteiger partial charge on any atom is -0.372 e. The molecule has 0 bridgehead atoms. The van der Waals surface area contributed by atoms with Gasteiger partial charge >= 0.3 is 6.18 Å². The summed E-state index contributed by atoms with van der Waals surface area (Å²) in [6, 6.07) is 3.58. The van der Waals surface area contributed by atoms with Crippen molar-refractivity contribution in [3.63, 3.8) is 0 Å². The van der Waals surface area contributed by atoms with Crippen LogP contribution < -0.4 is 5.56 Å². The first kappa shape index (κ1) is 14.1. The van der Waals surface area contributed by atoms with Crippen LogP contribution in [0, 0.1) is 0 Å². The quantitative estimate of drug-likeness (QED) is 0.793. The number of nitrogens with zero attached hydrogens (tertiary/aromatic N) is 1. The van der Waals surface area contributed by atoms with Crippen molar-refractivity contribution in [1.82, 2.24) is 4.57 Å². The van der Waals surface area contributed by atoms with Gasteiger partial charge in [-0.05, 0) is 23.9 Å². The lowest BCUT2D eigenvalue weighted by Crippen LogP contribution is -2.21. The zero-order chi connectivity index (χ0) is 13.9. The lowest BCUT2D eigenvalue weighted by Gasteiger charge is -2.08. The smallest absolute Gasteiger partial charge is 0.372 e. The van der Waals surface area contributed by atoms with E-state index in [2.05, 4.69) is 4.74 Å². The Morgan fingerprint density at radius 3 is 2.84 bits per heavy atom. The minimum atomic E-state index is -4.30. The molecule has 0 aliphatic carbocycles. The summed E-state index contributed by atoms with van der Waals surface area (Å²) in [6.07, 6.45) is -2.27. The Kier molecular flexibility index (Phi) is 4.26. The first-order valence-corrected chi connectivity index (χ1v) is 6.56. The lowest BCUT2D eigenvalue weighted by molar-refractivity contribution is -0.174. The van der Waals surface area contributed by atoms with Crippen LogP contribution in [0.3, 0.4) is 0 Å². The van der Waals surface area contributed by atoms with Crippen molar-refractivity contribution in [2.24, 2.45) is 0 Å². The van der Waals surface area contributed by atoms with Crippen molar-refractivity contribution in [3.8, 4) is 0 Å². The number of halogens is 3. The fourth-order valence-electron chi connectivity index (χ4n) is 1.71. The summed E-state index contributed by atoms with van der Waals surface area (Å²) in [7, 11) is 0. The molecular formula is C12H12F3NO2S. The van der Waals surface area contributed by atoms with Crippen LogP contribution in [0.4, 0.5) is 13.2 Å². The zero-order valence-electron chi connectivity index (χ0n) is 9.94. The van der Waals surface area contributed by atoms with Gasteiger partial charge in [-0.15, -0.1) is 11.3 Å². The summed E-state index contributed by atoms with van der Waals surface area (Å²) in [4.78, 5) is 12.0. The second-order valence-electron chi connectivity index (χ2n) is 4.03. The van der Waals surface area contributed by atoms with Crippen LogP contribution in [0.2, 0.25) is 0 Å². The fraction of sp³-hybridized carbons (Fsp3) is 0.417. The number of fused-ring (bicyclic) bond motifs is 1. The van der Waals surface area contributed by atoms with Gasteiger partial charge in [0.15, 0.2) is 0 Å². The minimum absolute atomic E-state index is 0.0202. The molecule has 2 rings (SSSR count). The number of alkyl halides is 3. The van der Waals surface area contributed by atoms with Crippen LogP contribution in [0.25, 0.3) is 10.1 Å². The molecule has 0 aromatic carbocycles. The summed E-state index contributed by atoms with van der Waals surface area (Å²) in [6.45, 7) is -0.915. The highest BCUT2D eigenvalue weighted by Gasteiger charge is 2.27. The van der Waals surface area contributed by atoms with Gasteiger partial charge in [0.1, 0.15) is 6.61 Å². The van der Waals surface area contributed by atoms with E-state index in [0.29, 0.717) is 18.4 Å². The molecule has 0 aliphatic rings. The molecule has 0 saturated carbocycles. The second-order valence-corrected chi connectivity index (χ2v) is 4.98. The van der Waals surface area contributed by atoms with Crippen molar-refractivity contribution in [2.45, 2.75) is 19.1 Å². The SMILES string of the molecule is O=c1c2ccsc2ccn1CCCOCC(F)(F)F. The highest BCUT2D eigenvalue weighted by Crippen LogP contribution is 2.16. The number of pyridine rings is 1. The molecule has 2 aromatic rings. The third kappa shape index (κ3) is 3.81. The molecule has 0 atom stereocenters. The fourth-order valence-corrected chi connectivity index (χ4v) is 2.48. The summed E-state index contributed by atoms with van der Waals surface area (Å²) >= 11 is 1.48. The lowest BCUT2D eigenvalue weighted by atomic mass is 10.3. The van der Waals surface area contributed by atoms with Crippen LogP contribution in [-0.2, 0) is 11.3 Å². The summed E-state index contributed by atoms with van der Waals surface area (Å²) < 4.78 is 42.4. The maximum atomic E-state index is 12.0. The average Bonchev–Trinajstić information content (AvgIpc) is 2.79. The first-order valence-electron chi connectivity index (χ1n) is 5.68. The maximum absolute atomic E-state index is 12.0.